The van der Waals surface area contributed by atoms with E-state index in [1.165, 1.54) is 6.07 Å². The van der Waals surface area contributed by atoms with Crippen LogP contribution in [0.2, 0.25) is 0 Å². The Labute approximate surface area is 171 Å². The number of carbonyl (C=O) groups is 1. The Morgan fingerprint density at radius 1 is 1.10 bits per heavy atom. The Balaban J connectivity index is 2.01. The minimum atomic E-state index is -1.06. The van der Waals surface area contributed by atoms with Gasteiger partial charge in [0.15, 0.2) is 11.6 Å². The van der Waals surface area contributed by atoms with Gasteiger partial charge in [-0.05, 0) is 69.6 Å². The number of nitro groups is 1. The molecule has 30 heavy (non-hydrogen) atoms. The first kappa shape index (κ1) is 21.8. The minimum absolute atomic E-state index is 0.314. The lowest BCUT2D eigenvalue weighted by Crippen LogP contribution is -2.52. The summed E-state index contributed by atoms with van der Waals surface area (Å²) < 4.78 is 40.9. The van der Waals surface area contributed by atoms with Crippen LogP contribution in [0, 0.1) is 27.6 Å². The van der Waals surface area contributed by atoms with E-state index in [1.807, 2.05) is 13.8 Å². The number of hydrogen-bond acceptors (Lipinski definition) is 4. The number of likely N-dealkylation sites (tertiary alicyclic amines) is 1. The number of amides is 1. The lowest BCUT2D eigenvalue weighted by molar-refractivity contribution is -0.385. The zero-order valence-electron chi connectivity index (χ0n) is 16.6. The molecule has 0 aromatic heterocycles. The second kappa shape index (κ2) is 8.43. The third-order valence-electron chi connectivity index (χ3n) is 5.58. The molecule has 1 saturated heterocycles. The van der Waals surface area contributed by atoms with E-state index < -0.39 is 45.6 Å². The summed E-state index contributed by atoms with van der Waals surface area (Å²) in [4.78, 5) is 25.5. The maximum atomic E-state index is 13.9. The van der Waals surface area contributed by atoms with Crippen molar-refractivity contribution < 1.29 is 22.9 Å². The number of rotatable bonds is 6. The Hall–Kier alpha value is -2.94. The van der Waals surface area contributed by atoms with Gasteiger partial charge in [0, 0.05) is 5.54 Å². The molecular formula is C21H22F3N3O3. The van der Waals surface area contributed by atoms with Crippen molar-refractivity contribution in [2.24, 2.45) is 0 Å². The molecule has 1 amide bonds. The van der Waals surface area contributed by atoms with Gasteiger partial charge in [0.2, 0.25) is 0 Å². The van der Waals surface area contributed by atoms with Crippen LogP contribution in [0.4, 0.5) is 18.9 Å². The second-order valence-electron chi connectivity index (χ2n) is 7.85. The van der Waals surface area contributed by atoms with Gasteiger partial charge in [-0.1, -0.05) is 6.07 Å². The fourth-order valence-corrected chi connectivity index (χ4v) is 3.89. The summed E-state index contributed by atoms with van der Waals surface area (Å²) >= 11 is 0. The molecule has 0 unspecified atom stereocenters. The van der Waals surface area contributed by atoms with E-state index in [0.717, 1.165) is 50.2 Å². The van der Waals surface area contributed by atoms with E-state index in [2.05, 4.69) is 10.2 Å². The van der Waals surface area contributed by atoms with Gasteiger partial charge in [-0.2, -0.15) is 0 Å². The lowest BCUT2D eigenvalue weighted by atomic mass is 9.86. The predicted octanol–water partition coefficient (Wildman–Crippen LogP) is 4.36. The van der Waals surface area contributed by atoms with Crippen molar-refractivity contribution in [2.45, 2.75) is 38.3 Å². The molecule has 0 bridgehead atoms. The standard InChI is InChI=1S/C21H22F3N3O3/c1-21(2,26-9-3-4-10-26)19(13-5-8-16(23)17(24)11-13)25-20(28)15-7-6-14(22)12-18(15)27(29)30/h5-8,11-12,19H,3-4,9-10H2,1-2H3,(H,25,28)/t19-/m1/s1. The van der Waals surface area contributed by atoms with E-state index >= 15 is 0 Å². The SMILES string of the molecule is CC(C)([C@H](NC(=O)c1ccc(F)cc1[N+](=O)[O-])c1ccc(F)c(F)c1)N1CCCC1. The maximum absolute atomic E-state index is 13.9. The molecule has 3 rings (SSSR count). The number of nitrogens with zero attached hydrogens (tertiary/aromatic N) is 2. The predicted molar refractivity (Wildman–Crippen MR) is 105 cm³/mol. The normalized spacial score (nSPS) is 15.8. The second-order valence-corrected chi connectivity index (χ2v) is 7.85. The number of carbonyl (C=O) groups excluding carboxylic acids is 1. The van der Waals surface area contributed by atoms with E-state index in [9.17, 15) is 28.1 Å². The highest BCUT2D eigenvalue weighted by molar-refractivity contribution is 5.98. The Morgan fingerprint density at radius 2 is 1.77 bits per heavy atom. The Morgan fingerprint density at radius 3 is 2.37 bits per heavy atom. The molecule has 0 radical (unpaired) electrons. The molecule has 0 spiro atoms. The number of hydrogen-bond donors (Lipinski definition) is 1. The average Bonchev–Trinajstić information content (AvgIpc) is 3.23. The topological polar surface area (TPSA) is 75.5 Å². The average molecular weight is 421 g/mol. The molecule has 1 heterocycles. The van der Waals surface area contributed by atoms with Crippen molar-refractivity contribution in [3.05, 3.63) is 75.1 Å². The van der Waals surface area contributed by atoms with Gasteiger partial charge >= 0.3 is 0 Å². The van der Waals surface area contributed by atoms with Crippen molar-refractivity contribution in [2.75, 3.05) is 13.1 Å². The van der Waals surface area contributed by atoms with Crippen molar-refractivity contribution in [1.29, 1.82) is 0 Å². The minimum Gasteiger partial charge on any atom is -0.343 e. The monoisotopic (exact) mass is 421 g/mol. The first-order chi connectivity index (χ1) is 14.1. The molecule has 1 N–H and O–H groups in total. The van der Waals surface area contributed by atoms with E-state index in [1.54, 1.807) is 0 Å². The van der Waals surface area contributed by atoms with Crippen molar-refractivity contribution >= 4 is 11.6 Å². The summed E-state index contributed by atoms with van der Waals surface area (Å²) in [7, 11) is 0. The fourth-order valence-electron chi connectivity index (χ4n) is 3.89. The van der Waals surface area contributed by atoms with Crippen LogP contribution in [0.3, 0.4) is 0 Å². The quantitative estimate of drug-likeness (QED) is 0.556. The number of nitro benzene ring substituents is 1. The molecule has 0 saturated carbocycles. The molecule has 2 aromatic rings. The number of nitrogens with one attached hydrogen (secondary N) is 1. The third kappa shape index (κ3) is 4.30. The molecule has 160 valence electrons. The Bertz CT molecular complexity index is 975. The summed E-state index contributed by atoms with van der Waals surface area (Å²) in [5, 5.41) is 14.0. The third-order valence-corrected chi connectivity index (χ3v) is 5.58. The summed E-state index contributed by atoms with van der Waals surface area (Å²) in [6.07, 6.45) is 1.93. The van der Waals surface area contributed by atoms with Crippen molar-refractivity contribution in [1.82, 2.24) is 10.2 Å². The molecule has 2 aromatic carbocycles. The van der Waals surface area contributed by atoms with Gasteiger partial charge < -0.3 is 5.32 Å². The summed E-state index contributed by atoms with van der Waals surface area (Å²) in [6, 6.07) is 5.23. The highest BCUT2D eigenvalue weighted by Crippen LogP contribution is 2.35. The van der Waals surface area contributed by atoms with E-state index in [4.69, 9.17) is 0 Å². The van der Waals surface area contributed by atoms with Crippen LogP contribution >= 0.6 is 0 Å². The highest BCUT2D eigenvalue weighted by Gasteiger charge is 2.39. The van der Waals surface area contributed by atoms with Crippen LogP contribution in [-0.2, 0) is 0 Å². The van der Waals surface area contributed by atoms with Gasteiger partial charge in [-0.25, -0.2) is 13.2 Å². The number of halogens is 3. The van der Waals surface area contributed by atoms with Gasteiger partial charge in [0.1, 0.15) is 11.4 Å². The number of benzene rings is 2. The molecule has 6 nitrogen and oxygen atoms in total. The molecule has 1 aliphatic rings. The molecular weight excluding hydrogens is 399 g/mol. The van der Waals surface area contributed by atoms with Crippen molar-refractivity contribution in [3.63, 3.8) is 0 Å². The van der Waals surface area contributed by atoms with Crippen molar-refractivity contribution in [3.8, 4) is 0 Å². The van der Waals surface area contributed by atoms with Gasteiger partial charge in [-0.3, -0.25) is 19.8 Å². The zero-order chi connectivity index (χ0) is 22.1. The smallest absolute Gasteiger partial charge is 0.285 e. The largest absolute Gasteiger partial charge is 0.343 e. The molecule has 1 fully saturated rings. The molecule has 1 atom stereocenters. The lowest BCUT2D eigenvalue weighted by Gasteiger charge is -2.42. The molecule has 9 heteroatoms. The van der Waals surface area contributed by atoms with Crippen LogP contribution in [-0.4, -0.2) is 34.4 Å². The summed E-state index contributed by atoms with van der Waals surface area (Å²) in [5.74, 6) is -3.72. The van der Waals surface area contributed by atoms with Crippen LogP contribution in [0.1, 0.15) is 48.7 Å². The summed E-state index contributed by atoms with van der Waals surface area (Å²) in [6.45, 7) is 5.26. The first-order valence-electron chi connectivity index (χ1n) is 9.56. The van der Waals surface area contributed by atoms with Gasteiger partial charge in [0.05, 0.1) is 17.0 Å². The fraction of sp³-hybridized carbons (Fsp3) is 0.381. The summed E-state index contributed by atoms with van der Waals surface area (Å²) in [5.41, 5.74) is -1.36. The molecule has 0 aliphatic carbocycles. The van der Waals surface area contributed by atoms with Gasteiger partial charge in [0.25, 0.3) is 11.6 Å². The van der Waals surface area contributed by atoms with Gasteiger partial charge in [-0.15, -0.1) is 0 Å². The maximum Gasteiger partial charge on any atom is 0.285 e. The van der Waals surface area contributed by atoms with Crippen LogP contribution in [0.25, 0.3) is 0 Å². The highest BCUT2D eigenvalue weighted by atomic mass is 19.2. The van der Waals surface area contributed by atoms with E-state index in [0.29, 0.717) is 11.6 Å². The van der Waals surface area contributed by atoms with E-state index in [-0.39, 0.29) is 5.56 Å². The zero-order valence-corrected chi connectivity index (χ0v) is 16.6. The first-order valence-corrected chi connectivity index (χ1v) is 9.56. The molecule has 1 aliphatic heterocycles. The Kier molecular flexibility index (Phi) is 6.12. The van der Waals surface area contributed by atoms with Crippen LogP contribution in [0.5, 0.6) is 0 Å². The van der Waals surface area contributed by atoms with Crippen LogP contribution < -0.4 is 5.32 Å². The van der Waals surface area contributed by atoms with Crippen LogP contribution in [0.15, 0.2) is 36.4 Å².